The van der Waals surface area contributed by atoms with Crippen molar-refractivity contribution in [3.63, 3.8) is 0 Å². The number of nitrogens with zero attached hydrogens (tertiary/aromatic N) is 1. The van der Waals surface area contributed by atoms with Gasteiger partial charge < -0.3 is 15.0 Å². The molecule has 0 spiro atoms. The number of aromatic nitrogens is 1. The van der Waals surface area contributed by atoms with Crippen LogP contribution in [0.3, 0.4) is 0 Å². The Kier molecular flexibility index (Phi) is 3.56. The molecule has 0 bridgehead atoms. The molecule has 1 aromatic carbocycles. The third kappa shape index (κ3) is 2.40. The van der Waals surface area contributed by atoms with E-state index in [9.17, 15) is 19.5 Å². The Morgan fingerprint density at radius 1 is 1.20 bits per heavy atom. The number of carbonyl (C=O) groups excluding carboxylic acids is 2. The lowest BCUT2D eigenvalue weighted by Gasteiger charge is -2.06. The van der Waals surface area contributed by atoms with Gasteiger partial charge in [0.05, 0.1) is 17.7 Å². The number of amides is 1. The average molecular weight is 274 g/mol. The van der Waals surface area contributed by atoms with Gasteiger partial charge in [-0.05, 0) is 13.0 Å². The predicted molar refractivity (Wildman–Crippen MR) is 73.9 cm³/mol. The maximum absolute atomic E-state index is 11.5. The minimum Gasteiger partial charge on any atom is -0.477 e. The van der Waals surface area contributed by atoms with Crippen molar-refractivity contribution in [2.45, 2.75) is 20.4 Å². The van der Waals surface area contributed by atoms with Gasteiger partial charge >= 0.3 is 5.97 Å². The van der Waals surface area contributed by atoms with Gasteiger partial charge in [-0.15, -0.1) is 0 Å². The summed E-state index contributed by atoms with van der Waals surface area (Å²) < 4.78 is 1.41. The molecule has 0 aliphatic carbocycles. The van der Waals surface area contributed by atoms with E-state index in [2.05, 4.69) is 5.32 Å². The monoisotopic (exact) mass is 274 g/mol. The number of ketones is 1. The summed E-state index contributed by atoms with van der Waals surface area (Å²) in [6.07, 6.45) is 0. The van der Waals surface area contributed by atoms with E-state index in [0.717, 1.165) is 0 Å². The number of hydrogen-bond donors (Lipinski definition) is 2. The van der Waals surface area contributed by atoms with E-state index in [1.807, 2.05) is 0 Å². The van der Waals surface area contributed by atoms with Crippen molar-refractivity contribution >= 4 is 34.3 Å². The third-order valence-electron chi connectivity index (χ3n) is 2.86. The first-order valence-electron chi connectivity index (χ1n) is 6.03. The fraction of sp³-hybridized carbons (Fsp3) is 0.214. The molecule has 6 nitrogen and oxygen atoms in total. The number of Topliss-reactive ketones (excluding diaryl/α,β-unsaturated/α-hetero) is 1. The molecule has 2 N–H and O–H groups in total. The number of nitrogens with one attached hydrogen (secondary N) is 1. The quantitative estimate of drug-likeness (QED) is 0.891. The molecule has 0 atom stereocenters. The molecule has 6 heteroatoms. The van der Waals surface area contributed by atoms with Crippen molar-refractivity contribution < 1.29 is 19.5 Å². The van der Waals surface area contributed by atoms with Crippen LogP contribution < -0.4 is 5.32 Å². The van der Waals surface area contributed by atoms with Gasteiger partial charge in [-0.1, -0.05) is 18.2 Å². The first-order valence-corrected chi connectivity index (χ1v) is 6.03. The van der Waals surface area contributed by atoms with Gasteiger partial charge in [0.25, 0.3) is 0 Å². The van der Waals surface area contributed by atoms with Crippen LogP contribution in [0.25, 0.3) is 10.9 Å². The van der Waals surface area contributed by atoms with Gasteiger partial charge in [-0.3, -0.25) is 9.59 Å². The van der Waals surface area contributed by atoms with E-state index in [-0.39, 0.29) is 29.6 Å². The van der Waals surface area contributed by atoms with Gasteiger partial charge in [-0.2, -0.15) is 0 Å². The molecule has 2 rings (SSSR count). The molecule has 0 fully saturated rings. The van der Waals surface area contributed by atoms with Crippen molar-refractivity contribution in [3.05, 3.63) is 30.0 Å². The van der Waals surface area contributed by atoms with Crippen molar-refractivity contribution in [1.82, 2.24) is 4.57 Å². The summed E-state index contributed by atoms with van der Waals surface area (Å²) in [6.45, 7) is 2.64. The number of rotatable bonds is 4. The highest BCUT2D eigenvalue weighted by Crippen LogP contribution is 2.31. The van der Waals surface area contributed by atoms with Crippen molar-refractivity contribution in [2.75, 3.05) is 5.32 Å². The molecule has 1 amide bonds. The Hall–Kier alpha value is -2.63. The van der Waals surface area contributed by atoms with E-state index in [0.29, 0.717) is 10.9 Å². The maximum Gasteiger partial charge on any atom is 0.354 e. The maximum atomic E-state index is 11.5. The van der Waals surface area contributed by atoms with Gasteiger partial charge in [0.1, 0.15) is 5.78 Å². The van der Waals surface area contributed by atoms with Gasteiger partial charge in [0.2, 0.25) is 5.91 Å². The molecule has 20 heavy (non-hydrogen) atoms. The second kappa shape index (κ2) is 5.16. The summed E-state index contributed by atoms with van der Waals surface area (Å²) in [6, 6.07) is 6.93. The topological polar surface area (TPSA) is 88.4 Å². The largest absolute Gasteiger partial charge is 0.477 e. The second-order valence-electron chi connectivity index (χ2n) is 4.52. The summed E-state index contributed by atoms with van der Waals surface area (Å²) in [4.78, 5) is 34.1. The Balaban J connectivity index is 2.80. The van der Waals surface area contributed by atoms with Crippen molar-refractivity contribution in [1.29, 1.82) is 0 Å². The zero-order valence-electron chi connectivity index (χ0n) is 11.1. The van der Waals surface area contributed by atoms with Gasteiger partial charge in [0, 0.05) is 12.3 Å². The number of carboxylic acids is 1. The average Bonchev–Trinajstić information content (AvgIpc) is 2.63. The SMILES string of the molecule is CC(=O)Cn1c(C(=O)O)c(NC(C)=O)c2ccccc21. The summed E-state index contributed by atoms with van der Waals surface area (Å²) in [5, 5.41) is 12.5. The molecule has 0 saturated carbocycles. The van der Waals surface area contributed by atoms with Crippen LogP contribution in [0.15, 0.2) is 24.3 Å². The first kappa shape index (κ1) is 13.8. The normalized spacial score (nSPS) is 10.5. The summed E-state index contributed by atoms with van der Waals surface area (Å²) in [7, 11) is 0. The van der Waals surface area contributed by atoms with Crippen molar-refractivity contribution in [3.8, 4) is 0 Å². The van der Waals surface area contributed by atoms with Crippen LogP contribution in [0.5, 0.6) is 0 Å². The van der Waals surface area contributed by atoms with E-state index >= 15 is 0 Å². The van der Waals surface area contributed by atoms with Crippen LogP contribution in [0, 0.1) is 0 Å². The molecule has 1 heterocycles. The Bertz CT molecular complexity index is 662. The number of aromatic carboxylic acids is 1. The lowest BCUT2D eigenvalue weighted by atomic mass is 10.2. The molecule has 0 radical (unpaired) electrons. The molecular formula is C14H14N2O4. The first-order chi connectivity index (χ1) is 9.41. The minimum atomic E-state index is -1.19. The van der Waals surface area contributed by atoms with E-state index in [1.54, 1.807) is 24.3 Å². The summed E-state index contributed by atoms with van der Waals surface area (Å²) >= 11 is 0. The van der Waals surface area contributed by atoms with E-state index in [1.165, 1.54) is 18.4 Å². The molecule has 0 saturated heterocycles. The number of fused-ring (bicyclic) bond motifs is 1. The lowest BCUT2D eigenvalue weighted by Crippen LogP contribution is -2.16. The second-order valence-corrected chi connectivity index (χ2v) is 4.52. The smallest absolute Gasteiger partial charge is 0.354 e. The number of benzene rings is 1. The number of carboxylic acid groups (broad SMARTS) is 1. The number of anilines is 1. The Labute approximate surface area is 115 Å². The zero-order chi connectivity index (χ0) is 14.9. The number of carbonyl (C=O) groups is 3. The summed E-state index contributed by atoms with van der Waals surface area (Å²) in [5.41, 5.74) is 0.738. The number of hydrogen-bond acceptors (Lipinski definition) is 3. The standard InChI is InChI=1S/C14H14N2O4/c1-8(17)7-16-11-6-4-3-5-10(11)12(15-9(2)18)13(16)14(19)20/h3-6H,7H2,1-2H3,(H,15,18)(H,19,20). The molecular weight excluding hydrogens is 260 g/mol. The van der Waals surface area contributed by atoms with E-state index in [4.69, 9.17) is 0 Å². The van der Waals surface area contributed by atoms with Crippen LogP contribution in [0.1, 0.15) is 24.3 Å². The molecule has 104 valence electrons. The highest BCUT2D eigenvalue weighted by atomic mass is 16.4. The molecule has 1 aromatic heterocycles. The minimum absolute atomic E-state index is 0.0538. The lowest BCUT2D eigenvalue weighted by molar-refractivity contribution is -0.117. The van der Waals surface area contributed by atoms with Crippen molar-refractivity contribution in [2.24, 2.45) is 0 Å². The Morgan fingerprint density at radius 3 is 2.40 bits per heavy atom. The van der Waals surface area contributed by atoms with E-state index < -0.39 is 5.97 Å². The zero-order valence-corrected chi connectivity index (χ0v) is 11.1. The van der Waals surface area contributed by atoms with Gasteiger partial charge in [-0.25, -0.2) is 4.79 Å². The molecule has 0 unspecified atom stereocenters. The summed E-state index contributed by atoms with van der Waals surface area (Å²) in [5.74, 6) is -1.72. The highest BCUT2D eigenvalue weighted by molar-refractivity contribution is 6.11. The number of para-hydroxylation sites is 1. The van der Waals surface area contributed by atoms with Crippen LogP contribution in [-0.2, 0) is 16.1 Å². The fourth-order valence-electron chi connectivity index (χ4n) is 2.22. The van der Waals surface area contributed by atoms with Crippen LogP contribution in [0.2, 0.25) is 0 Å². The van der Waals surface area contributed by atoms with Crippen LogP contribution in [-0.4, -0.2) is 27.3 Å². The molecule has 2 aromatic rings. The molecule has 0 aliphatic heterocycles. The van der Waals surface area contributed by atoms with Gasteiger partial charge in [0.15, 0.2) is 5.69 Å². The van der Waals surface area contributed by atoms with Crippen LogP contribution >= 0.6 is 0 Å². The Morgan fingerprint density at radius 2 is 1.85 bits per heavy atom. The fourth-order valence-corrected chi connectivity index (χ4v) is 2.22. The molecule has 0 aliphatic rings. The predicted octanol–water partition coefficient (Wildman–Crippen LogP) is 1.89. The van der Waals surface area contributed by atoms with Crippen LogP contribution in [0.4, 0.5) is 5.69 Å². The third-order valence-corrected chi connectivity index (χ3v) is 2.86. The highest BCUT2D eigenvalue weighted by Gasteiger charge is 2.23.